The number of ether oxygens (including phenoxy) is 1. The van der Waals surface area contributed by atoms with Crippen molar-refractivity contribution in [2.45, 2.75) is 25.1 Å². The Bertz CT molecular complexity index is 650. The third kappa shape index (κ3) is 3.24. The molecule has 116 valence electrons. The Morgan fingerprint density at radius 3 is 3.05 bits per heavy atom. The molecule has 0 aliphatic carbocycles. The van der Waals surface area contributed by atoms with Crippen molar-refractivity contribution in [2.24, 2.45) is 0 Å². The van der Waals surface area contributed by atoms with Gasteiger partial charge in [0.15, 0.2) is 0 Å². The Hall–Kier alpha value is -1.62. The van der Waals surface area contributed by atoms with E-state index in [1.807, 2.05) is 24.3 Å². The van der Waals surface area contributed by atoms with Gasteiger partial charge in [0.25, 0.3) is 0 Å². The molecule has 1 aliphatic rings. The summed E-state index contributed by atoms with van der Waals surface area (Å²) < 4.78 is 5.30. The first kappa shape index (κ1) is 15.3. The summed E-state index contributed by atoms with van der Waals surface area (Å²) >= 11 is 6.21. The molecule has 1 fully saturated rings. The maximum absolute atomic E-state index is 10.1. The van der Waals surface area contributed by atoms with Gasteiger partial charge in [-0.05, 0) is 35.7 Å². The highest BCUT2D eigenvalue weighted by molar-refractivity contribution is 6.31. The molecule has 0 saturated carbocycles. The van der Waals surface area contributed by atoms with Crippen molar-refractivity contribution in [2.75, 3.05) is 13.7 Å². The molecule has 2 aromatic rings. The van der Waals surface area contributed by atoms with Gasteiger partial charge in [-0.25, -0.2) is 0 Å². The number of nitrogens with zero attached hydrogens (tertiary/aromatic N) is 2. The van der Waals surface area contributed by atoms with Crippen molar-refractivity contribution in [3.8, 4) is 5.75 Å². The number of hydrogen-bond donors (Lipinski definition) is 1. The maximum Gasteiger partial charge on any atom is 0.119 e. The van der Waals surface area contributed by atoms with E-state index in [9.17, 15) is 5.11 Å². The number of hydrogen-bond acceptors (Lipinski definition) is 4. The monoisotopic (exact) mass is 318 g/mol. The summed E-state index contributed by atoms with van der Waals surface area (Å²) in [5, 5.41) is 10.7. The number of halogens is 1. The first-order chi connectivity index (χ1) is 10.7. The number of aliphatic hydroxyl groups excluding tert-OH is 1. The Balaban J connectivity index is 1.84. The van der Waals surface area contributed by atoms with Crippen molar-refractivity contribution in [3.63, 3.8) is 0 Å². The normalized spacial score (nSPS) is 22.0. The summed E-state index contributed by atoms with van der Waals surface area (Å²) in [5.41, 5.74) is 2.18. The SMILES string of the molecule is COc1cccc([C@H]2C[C@H](O)CN2Cc2ccncc2Cl)c1. The van der Waals surface area contributed by atoms with Crippen LogP contribution in [0.4, 0.5) is 0 Å². The van der Waals surface area contributed by atoms with E-state index >= 15 is 0 Å². The van der Waals surface area contributed by atoms with Crippen LogP contribution in [0.15, 0.2) is 42.7 Å². The van der Waals surface area contributed by atoms with Crippen LogP contribution in [-0.4, -0.2) is 34.7 Å². The van der Waals surface area contributed by atoms with E-state index in [1.54, 1.807) is 19.5 Å². The standard InChI is InChI=1S/C17H19ClN2O2/c1-22-15-4-2-3-12(7-15)17-8-14(21)11-20(17)10-13-5-6-19-9-16(13)18/h2-7,9,14,17,21H,8,10-11H2,1H3/t14-,17+/m0/s1. The van der Waals surface area contributed by atoms with Crippen LogP contribution in [0.2, 0.25) is 5.02 Å². The Morgan fingerprint density at radius 1 is 1.41 bits per heavy atom. The van der Waals surface area contributed by atoms with Crippen LogP contribution in [0.3, 0.4) is 0 Å². The highest BCUT2D eigenvalue weighted by Gasteiger charge is 2.32. The van der Waals surface area contributed by atoms with Crippen LogP contribution in [-0.2, 0) is 6.54 Å². The third-order valence-corrected chi connectivity index (χ3v) is 4.43. The number of pyridine rings is 1. The molecule has 0 spiro atoms. The number of rotatable bonds is 4. The number of aliphatic hydroxyl groups is 1. The van der Waals surface area contributed by atoms with E-state index < -0.39 is 0 Å². The minimum atomic E-state index is -0.322. The second-order valence-corrected chi connectivity index (χ2v) is 5.99. The second kappa shape index (κ2) is 6.65. The van der Waals surface area contributed by atoms with E-state index in [4.69, 9.17) is 16.3 Å². The molecule has 1 N–H and O–H groups in total. The molecule has 0 unspecified atom stereocenters. The van der Waals surface area contributed by atoms with Crippen LogP contribution in [0.5, 0.6) is 5.75 Å². The summed E-state index contributed by atoms with van der Waals surface area (Å²) in [5.74, 6) is 0.834. The van der Waals surface area contributed by atoms with Gasteiger partial charge in [-0.1, -0.05) is 23.7 Å². The topological polar surface area (TPSA) is 45.6 Å². The second-order valence-electron chi connectivity index (χ2n) is 5.58. The van der Waals surface area contributed by atoms with E-state index in [-0.39, 0.29) is 12.1 Å². The van der Waals surface area contributed by atoms with Gasteiger partial charge in [0, 0.05) is 31.5 Å². The molecule has 5 heteroatoms. The molecule has 0 radical (unpaired) electrons. The summed E-state index contributed by atoms with van der Waals surface area (Å²) in [6.45, 7) is 1.33. The number of methoxy groups -OCH3 is 1. The van der Waals surface area contributed by atoms with Gasteiger partial charge in [0.2, 0.25) is 0 Å². The highest BCUT2D eigenvalue weighted by atomic mass is 35.5. The smallest absolute Gasteiger partial charge is 0.119 e. The molecule has 1 aromatic heterocycles. The zero-order valence-electron chi connectivity index (χ0n) is 12.4. The van der Waals surface area contributed by atoms with Crippen molar-refractivity contribution in [1.29, 1.82) is 0 Å². The molecule has 4 nitrogen and oxygen atoms in total. The lowest BCUT2D eigenvalue weighted by atomic mass is 10.0. The Morgan fingerprint density at radius 2 is 2.27 bits per heavy atom. The quantitative estimate of drug-likeness (QED) is 0.941. The molecule has 2 heterocycles. The summed E-state index contributed by atoms with van der Waals surface area (Å²) in [6, 6.07) is 10.1. The molecule has 0 bridgehead atoms. The van der Waals surface area contributed by atoms with E-state index in [2.05, 4.69) is 16.0 Å². The molecule has 1 aromatic carbocycles. The molecule has 3 rings (SSSR count). The Kier molecular flexibility index (Phi) is 4.62. The first-order valence-corrected chi connectivity index (χ1v) is 7.69. The van der Waals surface area contributed by atoms with Gasteiger partial charge < -0.3 is 9.84 Å². The molecular weight excluding hydrogens is 300 g/mol. The van der Waals surface area contributed by atoms with Gasteiger partial charge in [-0.2, -0.15) is 0 Å². The lowest BCUT2D eigenvalue weighted by Gasteiger charge is -2.25. The van der Waals surface area contributed by atoms with Gasteiger partial charge in [0.05, 0.1) is 18.2 Å². The number of aromatic nitrogens is 1. The van der Waals surface area contributed by atoms with Crippen LogP contribution in [0, 0.1) is 0 Å². The molecular formula is C17H19ClN2O2. The predicted molar refractivity (Wildman–Crippen MR) is 86.0 cm³/mol. The third-order valence-electron chi connectivity index (χ3n) is 4.09. The lowest BCUT2D eigenvalue weighted by molar-refractivity contribution is 0.172. The van der Waals surface area contributed by atoms with E-state index in [0.29, 0.717) is 18.1 Å². The fourth-order valence-electron chi connectivity index (χ4n) is 3.00. The molecule has 22 heavy (non-hydrogen) atoms. The first-order valence-electron chi connectivity index (χ1n) is 7.32. The zero-order valence-corrected chi connectivity index (χ0v) is 13.2. The van der Waals surface area contributed by atoms with Crippen molar-refractivity contribution in [3.05, 3.63) is 58.9 Å². The largest absolute Gasteiger partial charge is 0.497 e. The van der Waals surface area contributed by atoms with Gasteiger partial charge in [-0.3, -0.25) is 9.88 Å². The van der Waals surface area contributed by atoms with Crippen molar-refractivity contribution >= 4 is 11.6 Å². The minimum Gasteiger partial charge on any atom is -0.497 e. The van der Waals surface area contributed by atoms with Crippen molar-refractivity contribution < 1.29 is 9.84 Å². The average Bonchev–Trinajstić information content (AvgIpc) is 2.90. The van der Waals surface area contributed by atoms with Gasteiger partial charge in [-0.15, -0.1) is 0 Å². The number of benzene rings is 1. The van der Waals surface area contributed by atoms with E-state index in [1.165, 1.54) is 0 Å². The predicted octanol–water partition coefficient (Wildman–Crippen LogP) is 3.05. The van der Waals surface area contributed by atoms with Crippen LogP contribution in [0.1, 0.15) is 23.6 Å². The summed E-state index contributed by atoms with van der Waals surface area (Å²) in [6.07, 6.45) is 3.80. The van der Waals surface area contributed by atoms with Crippen molar-refractivity contribution in [1.82, 2.24) is 9.88 Å². The Labute approximate surface area is 135 Å². The number of likely N-dealkylation sites (tertiary alicyclic amines) is 1. The minimum absolute atomic E-state index is 0.161. The molecule has 1 aliphatic heterocycles. The molecule has 2 atom stereocenters. The molecule has 1 saturated heterocycles. The van der Waals surface area contributed by atoms with E-state index in [0.717, 1.165) is 23.3 Å². The number of β-amino-alcohol motifs (C(OH)–C–C–N with tert-alkyl or cyclic N) is 1. The fourth-order valence-corrected chi connectivity index (χ4v) is 3.18. The molecule has 0 amide bonds. The lowest BCUT2D eigenvalue weighted by Crippen LogP contribution is -2.24. The van der Waals surface area contributed by atoms with Gasteiger partial charge in [0.1, 0.15) is 5.75 Å². The highest BCUT2D eigenvalue weighted by Crippen LogP contribution is 2.35. The summed E-state index contributed by atoms with van der Waals surface area (Å²) in [4.78, 5) is 6.27. The zero-order chi connectivity index (χ0) is 15.5. The fraction of sp³-hybridized carbons (Fsp3) is 0.353. The van der Waals surface area contributed by atoms with Crippen LogP contribution >= 0.6 is 11.6 Å². The van der Waals surface area contributed by atoms with Gasteiger partial charge >= 0.3 is 0 Å². The van der Waals surface area contributed by atoms with Crippen LogP contribution in [0.25, 0.3) is 0 Å². The summed E-state index contributed by atoms with van der Waals surface area (Å²) in [7, 11) is 1.66. The average molecular weight is 319 g/mol. The maximum atomic E-state index is 10.1. The van der Waals surface area contributed by atoms with Crippen LogP contribution < -0.4 is 4.74 Å².